The highest BCUT2D eigenvalue weighted by Crippen LogP contribution is 2.43. The fourth-order valence-electron chi connectivity index (χ4n) is 3.51. The van der Waals surface area contributed by atoms with Crippen molar-refractivity contribution in [1.29, 1.82) is 0 Å². The van der Waals surface area contributed by atoms with Gasteiger partial charge in [-0.3, -0.25) is 4.79 Å². The number of carbonyl (C=O) groups excluding carboxylic acids is 1. The molecular formula is C25H33N2O4S2+. The van der Waals surface area contributed by atoms with Crippen LogP contribution in [-0.2, 0) is 16.1 Å². The molecule has 0 saturated carbocycles. The molecule has 2 N–H and O–H groups in total. The number of hydrogen-bond acceptors (Lipinski definition) is 7. The molecule has 8 heteroatoms. The number of aromatic nitrogens is 1. The number of carbonyl (C=O) groups is 1. The smallest absolute Gasteiger partial charge is 0.313 e. The summed E-state index contributed by atoms with van der Waals surface area (Å²) in [6.07, 6.45) is 6.94. The summed E-state index contributed by atoms with van der Waals surface area (Å²) in [7, 11) is 3.48. The summed E-state index contributed by atoms with van der Waals surface area (Å²) in [4.78, 5) is 14.3. The molecule has 0 radical (unpaired) electrons. The first-order chi connectivity index (χ1) is 16.1. The largest absolute Gasteiger partial charge is 0.465 e. The molecule has 2 heterocycles. The number of nitrogens with zero attached hydrogens (tertiary/aromatic N) is 2. The van der Waals surface area contributed by atoms with E-state index in [1.165, 1.54) is 0 Å². The zero-order chi connectivity index (χ0) is 23.5. The summed E-state index contributed by atoms with van der Waals surface area (Å²) in [6.45, 7) is 4.26. The van der Waals surface area contributed by atoms with Crippen molar-refractivity contribution in [2.24, 2.45) is 5.41 Å². The van der Waals surface area contributed by atoms with Crippen LogP contribution in [0.5, 0.6) is 0 Å². The maximum atomic E-state index is 12.3. The van der Waals surface area contributed by atoms with Crippen molar-refractivity contribution in [3.63, 3.8) is 0 Å². The number of aliphatic hydroxyl groups excluding tert-OH is 2. The molecule has 1 fully saturated rings. The molecule has 1 aromatic heterocycles. The number of aryl methyl sites for hydroxylation is 1. The molecule has 33 heavy (non-hydrogen) atoms. The zero-order valence-electron chi connectivity index (χ0n) is 19.1. The quantitative estimate of drug-likeness (QED) is 0.205. The Balaban J connectivity index is 1.55. The van der Waals surface area contributed by atoms with Gasteiger partial charge in [0.1, 0.15) is 0 Å². The fraction of sp³-hybridized carbons (Fsp3) is 0.440. The minimum atomic E-state index is -0.355. The van der Waals surface area contributed by atoms with Crippen molar-refractivity contribution >= 4 is 45.4 Å². The average molecular weight is 490 g/mol. The third kappa shape index (κ3) is 7.50. The molecule has 2 aromatic rings. The van der Waals surface area contributed by atoms with Gasteiger partial charge in [0.25, 0.3) is 0 Å². The van der Waals surface area contributed by atoms with Gasteiger partial charge >= 0.3 is 5.97 Å². The highest BCUT2D eigenvalue weighted by Gasteiger charge is 2.39. The van der Waals surface area contributed by atoms with Crippen LogP contribution in [0, 0.1) is 5.41 Å². The van der Waals surface area contributed by atoms with E-state index in [1.54, 1.807) is 21.6 Å². The van der Waals surface area contributed by atoms with Gasteiger partial charge in [-0.1, -0.05) is 33.7 Å². The Kier molecular flexibility index (Phi) is 10.1. The lowest BCUT2D eigenvalue weighted by atomic mass is 9.96. The van der Waals surface area contributed by atoms with E-state index in [0.717, 1.165) is 41.4 Å². The first-order valence-corrected chi connectivity index (χ1v) is 13.7. The third-order valence-corrected chi connectivity index (χ3v) is 8.41. The van der Waals surface area contributed by atoms with Gasteiger partial charge in [-0.25, -0.2) is 0 Å². The maximum absolute atomic E-state index is 12.3. The van der Waals surface area contributed by atoms with E-state index >= 15 is 0 Å². The maximum Gasteiger partial charge on any atom is 0.313 e. The van der Waals surface area contributed by atoms with E-state index in [9.17, 15) is 15.0 Å². The van der Waals surface area contributed by atoms with Gasteiger partial charge in [0.05, 0.1) is 25.2 Å². The number of aliphatic hydroxyl groups is 2. The van der Waals surface area contributed by atoms with Gasteiger partial charge in [-0.05, 0) is 36.8 Å². The summed E-state index contributed by atoms with van der Waals surface area (Å²) in [5.41, 5.74) is 2.76. The molecule has 0 amide bonds. The second-order valence-electron chi connectivity index (χ2n) is 8.25. The van der Waals surface area contributed by atoms with Crippen molar-refractivity contribution in [3.05, 3.63) is 59.9 Å². The number of ether oxygens (including phenoxy) is 1. The van der Waals surface area contributed by atoms with Crippen LogP contribution in [-0.4, -0.2) is 60.6 Å². The normalized spacial score (nSPS) is 15.1. The highest BCUT2D eigenvalue weighted by molar-refractivity contribution is 8.77. The van der Waals surface area contributed by atoms with Crippen molar-refractivity contribution < 1.29 is 24.3 Å². The van der Waals surface area contributed by atoms with Crippen LogP contribution < -0.4 is 9.47 Å². The molecule has 0 unspecified atom stereocenters. The Hall–Kier alpha value is -2.00. The lowest BCUT2D eigenvalue weighted by Gasteiger charge is -2.22. The fourth-order valence-corrected chi connectivity index (χ4v) is 6.83. The molecule has 1 aliphatic heterocycles. The second-order valence-corrected chi connectivity index (χ2v) is 10.7. The monoisotopic (exact) mass is 489 g/mol. The molecule has 0 atom stereocenters. The van der Waals surface area contributed by atoms with Gasteiger partial charge < -0.3 is 19.8 Å². The van der Waals surface area contributed by atoms with Crippen LogP contribution in [0.2, 0.25) is 0 Å². The van der Waals surface area contributed by atoms with E-state index in [0.29, 0.717) is 19.7 Å². The Morgan fingerprint density at radius 2 is 1.79 bits per heavy atom. The molecule has 1 saturated heterocycles. The lowest BCUT2D eigenvalue weighted by molar-refractivity contribution is -0.699. The van der Waals surface area contributed by atoms with Crippen molar-refractivity contribution in [2.75, 3.05) is 49.3 Å². The number of benzene rings is 1. The summed E-state index contributed by atoms with van der Waals surface area (Å²) < 4.78 is 7.71. The number of rotatable bonds is 12. The van der Waals surface area contributed by atoms with Crippen molar-refractivity contribution in [2.45, 2.75) is 19.9 Å². The van der Waals surface area contributed by atoms with E-state index in [1.807, 2.05) is 54.4 Å². The standard InChI is InChI=1S/C25H33N2O4S2/c1-25(19-32-33-20-25)24(30)31-18-4-13-26-12-3-2-5-22(26)9-6-21-7-10-23(11-8-21)27(14-16-28)15-17-29/h2-3,5-12,28-29H,4,13-20H2,1H3/q+1. The molecule has 1 aromatic carbocycles. The Bertz CT molecular complexity index is 909. The van der Waals surface area contributed by atoms with Crippen LogP contribution in [0.4, 0.5) is 5.69 Å². The van der Waals surface area contributed by atoms with E-state index in [-0.39, 0.29) is 24.6 Å². The van der Waals surface area contributed by atoms with Crippen LogP contribution >= 0.6 is 21.6 Å². The Morgan fingerprint density at radius 3 is 2.45 bits per heavy atom. The zero-order valence-corrected chi connectivity index (χ0v) is 20.7. The predicted molar refractivity (Wildman–Crippen MR) is 137 cm³/mol. The molecule has 0 bridgehead atoms. The number of anilines is 1. The van der Waals surface area contributed by atoms with Crippen LogP contribution in [0.1, 0.15) is 24.6 Å². The average Bonchev–Trinajstić information content (AvgIpc) is 3.29. The minimum Gasteiger partial charge on any atom is -0.465 e. The Morgan fingerprint density at radius 1 is 1.09 bits per heavy atom. The summed E-state index contributed by atoms with van der Waals surface area (Å²) in [5, 5.41) is 18.4. The topological polar surface area (TPSA) is 73.9 Å². The Labute approximate surface area is 204 Å². The van der Waals surface area contributed by atoms with Gasteiger partial charge in [0.15, 0.2) is 12.7 Å². The van der Waals surface area contributed by atoms with Crippen LogP contribution in [0.15, 0.2) is 48.7 Å². The minimum absolute atomic E-state index is 0.0479. The first-order valence-electron chi connectivity index (χ1n) is 11.2. The van der Waals surface area contributed by atoms with E-state index in [4.69, 9.17) is 4.74 Å². The van der Waals surface area contributed by atoms with E-state index < -0.39 is 0 Å². The van der Waals surface area contributed by atoms with E-state index in [2.05, 4.69) is 22.8 Å². The predicted octanol–water partition coefficient (Wildman–Crippen LogP) is 3.27. The summed E-state index contributed by atoms with van der Waals surface area (Å²) in [5.74, 6) is 1.56. The van der Waals surface area contributed by atoms with Gasteiger partial charge in [0.2, 0.25) is 5.69 Å². The number of hydrogen-bond donors (Lipinski definition) is 2. The SMILES string of the molecule is CC1(C(=O)OCCC[n+]2ccccc2C=Cc2ccc(N(CCO)CCO)cc2)CSSC1. The number of pyridine rings is 1. The van der Waals surface area contributed by atoms with Gasteiger partial charge in [0, 0.05) is 54.9 Å². The summed E-state index contributed by atoms with van der Waals surface area (Å²) >= 11 is 0. The first kappa shape index (κ1) is 25.6. The highest BCUT2D eigenvalue weighted by atomic mass is 33.1. The molecule has 0 spiro atoms. The van der Waals surface area contributed by atoms with Crippen LogP contribution in [0.25, 0.3) is 12.2 Å². The summed E-state index contributed by atoms with van der Waals surface area (Å²) in [6, 6.07) is 14.1. The molecule has 3 rings (SSSR count). The third-order valence-electron chi connectivity index (χ3n) is 5.53. The lowest BCUT2D eigenvalue weighted by Crippen LogP contribution is -2.37. The number of esters is 1. The van der Waals surface area contributed by atoms with Crippen molar-refractivity contribution in [1.82, 2.24) is 0 Å². The molecule has 178 valence electrons. The van der Waals surface area contributed by atoms with Gasteiger partial charge in [-0.15, -0.1) is 0 Å². The molecular weight excluding hydrogens is 456 g/mol. The molecule has 1 aliphatic rings. The van der Waals surface area contributed by atoms with Crippen molar-refractivity contribution in [3.8, 4) is 0 Å². The molecule has 0 aliphatic carbocycles. The van der Waals surface area contributed by atoms with Gasteiger partial charge in [-0.2, -0.15) is 4.57 Å². The van der Waals surface area contributed by atoms with Crippen LogP contribution in [0.3, 0.4) is 0 Å². The molecule has 6 nitrogen and oxygen atoms in total. The second kappa shape index (κ2) is 13.0.